The molecule has 0 spiro atoms. The molecule has 1 aromatic rings. The molecule has 1 rings (SSSR count). The Hall–Kier alpha value is -1.74. The summed E-state index contributed by atoms with van der Waals surface area (Å²) in [7, 11) is 0. The van der Waals surface area contributed by atoms with E-state index in [1.165, 1.54) is 16.7 Å². The first-order valence-electron chi connectivity index (χ1n) is 12.5. The molecule has 2 heteroatoms. The highest BCUT2D eigenvalue weighted by Crippen LogP contribution is 2.41. The van der Waals surface area contributed by atoms with Gasteiger partial charge in [0.25, 0.3) is 0 Å². The van der Waals surface area contributed by atoms with Crippen molar-refractivity contribution in [2.24, 2.45) is 11.8 Å². The Morgan fingerprint density at radius 2 is 1.45 bits per heavy atom. The van der Waals surface area contributed by atoms with Crippen LogP contribution in [0.2, 0.25) is 0 Å². The Balaban J connectivity index is 3.49. The topological polar surface area (TPSA) is 18.5 Å². The van der Waals surface area contributed by atoms with E-state index in [9.17, 15) is 0 Å². The highest BCUT2D eigenvalue weighted by molar-refractivity contribution is 5.44. The highest BCUT2D eigenvalue weighted by Gasteiger charge is 2.40. The lowest BCUT2D eigenvalue weighted by Gasteiger charge is -2.40. The van der Waals surface area contributed by atoms with E-state index in [-0.39, 0.29) is 28.3 Å². The van der Waals surface area contributed by atoms with E-state index in [0.717, 1.165) is 6.42 Å². The van der Waals surface area contributed by atoms with Gasteiger partial charge in [0, 0.05) is 30.1 Å². The van der Waals surface area contributed by atoms with Gasteiger partial charge in [-0.25, -0.2) is 9.78 Å². The molecule has 33 heavy (non-hydrogen) atoms. The second-order valence-electron chi connectivity index (χ2n) is 12.0. The maximum absolute atomic E-state index is 6.16. The van der Waals surface area contributed by atoms with E-state index < -0.39 is 0 Å². The maximum Gasteiger partial charge on any atom is 0.115 e. The third-order valence-electron chi connectivity index (χ3n) is 5.94. The Kier molecular flexibility index (Phi) is 10.7. The number of benzene rings is 1. The third-order valence-corrected chi connectivity index (χ3v) is 5.94. The minimum absolute atomic E-state index is 0.00948. The van der Waals surface area contributed by atoms with Crippen LogP contribution >= 0.6 is 0 Å². The fraction of sp³-hybridized carbons (Fsp3) is 0.677. The summed E-state index contributed by atoms with van der Waals surface area (Å²) in [6, 6.07) is 6.97. The standard InChI is InChI=1S/C31H48O2/c1-13-14-15-16-21-32-33-28(24(4)18-17-23(2)3)31(11,12)27-22-25(29(5,6)7)19-20-26(27)30(8,9)10/h19-20,22-24,28H,13,16,21H2,1-12H3. The molecular formula is C31H48O2. The fourth-order valence-corrected chi connectivity index (χ4v) is 3.98. The fourth-order valence-electron chi connectivity index (χ4n) is 3.98. The molecule has 1 aromatic carbocycles. The van der Waals surface area contributed by atoms with Crippen LogP contribution in [0.25, 0.3) is 0 Å². The predicted octanol–water partition coefficient (Wildman–Crippen LogP) is 7.98. The van der Waals surface area contributed by atoms with Crippen LogP contribution in [0, 0.1) is 35.5 Å². The zero-order chi connectivity index (χ0) is 25.4. The molecule has 2 unspecified atom stereocenters. The van der Waals surface area contributed by atoms with Crippen molar-refractivity contribution in [3.8, 4) is 23.7 Å². The van der Waals surface area contributed by atoms with Crippen LogP contribution < -0.4 is 0 Å². The third kappa shape index (κ3) is 8.85. The summed E-state index contributed by atoms with van der Waals surface area (Å²) in [5.74, 6) is 13.3. The molecule has 0 saturated carbocycles. The number of hydrogen-bond donors (Lipinski definition) is 0. The van der Waals surface area contributed by atoms with Crippen molar-refractivity contribution in [2.75, 3.05) is 6.61 Å². The molecule has 184 valence electrons. The zero-order valence-electron chi connectivity index (χ0n) is 23.4. The van der Waals surface area contributed by atoms with Crippen molar-refractivity contribution < 1.29 is 9.78 Å². The lowest BCUT2D eigenvalue weighted by molar-refractivity contribution is -0.339. The van der Waals surface area contributed by atoms with Gasteiger partial charge in [0.1, 0.15) is 6.10 Å². The Morgan fingerprint density at radius 1 is 0.818 bits per heavy atom. The van der Waals surface area contributed by atoms with Gasteiger partial charge in [-0.15, -0.1) is 17.8 Å². The molecule has 0 amide bonds. The smallest absolute Gasteiger partial charge is 0.115 e. The molecule has 0 saturated heterocycles. The maximum atomic E-state index is 6.16. The van der Waals surface area contributed by atoms with Crippen LogP contribution in [0.1, 0.15) is 113 Å². The van der Waals surface area contributed by atoms with E-state index in [2.05, 4.69) is 125 Å². The van der Waals surface area contributed by atoms with E-state index in [4.69, 9.17) is 9.78 Å². The van der Waals surface area contributed by atoms with Crippen LogP contribution in [-0.4, -0.2) is 12.7 Å². The lowest BCUT2D eigenvalue weighted by atomic mass is 9.68. The average molecular weight is 453 g/mol. The summed E-state index contributed by atoms with van der Waals surface area (Å²) in [6.07, 6.45) is 1.30. The molecule has 0 N–H and O–H groups in total. The summed E-state index contributed by atoms with van der Waals surface area (Å²) >= 11 is 0. The molecule has 2 atom stereocenters. The first-order valence-corrected chi connectivity index (χ1v) is 12.5. The molecule has 0 heterocycles. The molecule has 0 aliphatic heterocycles. The lowest BCUT2D eigenvalue weighted by Crippen LogP contribution is -2.42. The van der Waals surface area contributed by atoms with Crippen LogP contribution in [0.3, 0.4) is 0 Å². The van der Waals surface area contributed by atoms with E-state index in [1.54, 1.807) is 0 Å². The van der Waals surface area contributed by atoms with Crippen molar-refractivity contribution in [3.05, 3.63) is 34.9 Å². The first kappa shape index (κ1) is 29.3. The molecule has 0 aliphatic carbocycles. The zero-order valence-corrected chi connectivity index (χ0v) is 23.4. The SMILES string of the molecule is CCC#CCCOOC(C(C)C#CC(C)C)C(C)(C)c1cc(C(C)(C)C)ccc1C(C)(C)C. The van der Waals surface area contributed by atoms with Crippen LogP contribution in [0.5, 0.6) is 0 Å². The molecule has 0 radical (unpaired) electrons. The minimum Gasteiger partial charge on any atom is -0.235 e. The van der Waals surface area contributed by atoms with Crippen LogP contribution in [0.4, 0.5) is 0 Å². The van der Waals surface area contributed by atoms with Gasteiger partial charge >= 0.3 is 0 Å². The summed E-state index contributed by atoms with van der Waals surface area (Å²) in [5, 5.41) is 0. The second-order valence-corrected chi connectivity index (χ2v) is 12.0. The Morgan fingerprint density at radius 3 is 1.97 bits per heavy atom. The van der Waals surface area contributed by atoms with E-state index in [1.807, 2.05) is 0 Å². The molecular weight excluding hydrogens is 404 g/mol. The summed E-state index contributed by atoms with van der Waals surface area (Å²) in [6.45, 7) is 27.1. The summed E-state index contributed by atoms with van der Waals surface area (Å²) in [5.41, 5.74) is 3.73. The van der Waals surface area contributed by atoms with Gasteiger partial charge in [0.15, 0.2) is 0 Å². The normalized spacial score (nSPS) is 14.2. The van der Waals surface area contributed by atoms with Crippen LogP contribution in [-0.2, 0) is 26.0 Å². The summed E-state index contributed by atoms with van der Waals surface area (Å²) in [4.78, 5) is 11.9. The van der Waals surface area contributed by atoms with Crippen molar-refractivity contribution >= 4 is 0 Å². The van der Waals surface area contributed by atoms with Gasteiger partial charge < -0.3 is 0 Å². The van der Waals surface area contributed by atoms with Crippen molar-refractivity contribution in [3.63, 3.8) is 0 Å². The van der Waals surface area contributed by atoms with Crippen molar-refractivity contribution in [1.82, 2.24) is 0 Å². The van der Waals surface area contributed by atoms with Crippen molar-refractivity contribution in [2.45, 2.75) is 118 Å². The quantitative estimate of drug-likeness (QED) is 0.181. The van der Waals surface area contributed by atoms with Gasteiger partial charge in [-0.2, -0.15) is 0 Å². The van der Waals surface area contributed by atoms with Gasteiger partial charge in [0.2, 0.25) is 0 Å². The monoisotopic (exact) mass is 452 g/mol. The van der Waals surface area contributed by atoms with E-state index in [0.29, 0.717) is 18.9 Å². The molecule has 0 bridgehead atoms. The largest absolute Gasteiger partial charge is 0.235 e. The molecule has 0 fully saturated rings. The highest BCUT2D eigenvalue weighted by atomic mass is 17.2. The van der Waals surface area contributed by atoms with Crippen molar-refractivity contribution in [1.29, 1.82) is 0 Å². The predicted molar refractivity (Wildman–Crippen MR) is 142 cm³/mol. The Bertz CT molecular complexity index is 870. The average Bonchev–Trinajstić information content (AvgIpc) is 2.69. The second kappa shape index (κ2) is 12.1. The van der Waals surface area contributed by atoms with Gasteiger partial charge in [-0.3, -0.25) is 0 Å². The van der Waals surface area contributed by atoms with Gasteiger partial charge in [-0.05, 0) is 34.4 Å². The molecule has 0 aliphatic rings. The van der Waals surface area contributed by atoms with Gasteiger partial charge in [0.05, 0.1) is 6.61 Å². The number of rotatable bonds is 7. The molecule has 0 aromatic heterocycles. The number of hydrogen-bond acceptors (Lipinski definition) is 2. The molecule has 2 nitrogen and oxygen atoms in total. The van der Waals surface area contributed by atoms with E-state index >= 15 is 0 Å². The Labute approximate surface area is 205 Å². The minimum atomic E-state index is -0.315. The van der Waals surface area contributed by atoms with Crippen LogP contribution in [0.15, 0.2) is 18.2 Å². The van der Waals surface area contributed by atoms with Gasteiger partial charge in [-0.1, -0.05) is 100 Å². The summed E-state index contributed by atoms with van der Waals surface area (Å²) < 4.78 is 0. The first-order chi connectivity index (χ1) is 15.1.